The van der Waals surface area contributed by atoms with Gasteiger partial charge in [0.05, 0.1) is 6.04 Å². The van der Waals surface area contributed by atoms with Crippen molar-refractivity contribution in [2.45, 2.75) is 12.6 Å². The highest BCUT2D eigenvalue weighted by atomic mass is 19.1. The zero-order valence-corrected chi connectivity index (χ0v) is 13.7. The fraction of sp³-hybridized carbons (Fsp3) is 0.0952. The molecule has 3 nitrogen and oxygen atoms in total. The Kier molecular flexibility index (Phi) is 5.21. The topological polar surface area (TPSA) is 55.1 Å². The molecule has 3 aromatic rings. The summed E-state index contributed by atoms with van der Waals surface area (Å²) >= 11 is 0. The van der Waals surface area contributed by atoms with E-state index >= 15 is 0 Å². The third kappa shape index (κ3) is 4.31. The summed E-state index contributed by atoms with van der Waals surface area (Å²) in [5, 5.41) is 3.48. The molecule has 0 saturated carbocycles. The van der Waals surface area contributed by atoms with Crippen molar-refractivity contribution in [3.05, 3.63) is 107 Å². The molecule has 0 fully saturated rings. The fourth-order valence-corrected chi connectivity index (χ4v) is 2.78. The minimum Gasteiger partial charge on any atom is -0.366 e. The third-order valence-corrected chi connectivity index (χ3v) is 4.06. The molecule has 1 atom stereocenters. The number of hydrogen-bond acceptors (Lipinski definition) is 2. The van der Waals surface area contributed by atoms with Gasteiger partial charge in [0.25, 0.3) is 0 Å². The zero-order valence-electron chi connectivity index (χ0n) is 13.7. The Morgan fingerprint density at radius 2 is 1.60 bits per heavy atom. The highest BCUT2D eigenvalue weighted by molar-refractivity contribution is 5.92. The van der Waals surface area contributed by atoms with Crippen molar-refractivity contribution >= 4 is 5.91 Å². The van der Waals surface area contributed by atoms with Crippen LogP contribution in [0.4, 0.5) is 4.39 Å². The molecule has 0 radical (unpaired) electrons. The number of benzene rings is 3. The van der Waals surface area contributed by atoms with Crippen LogP contribution in [-0.2, 0) is 6.54 Å². The van der Waals surface area contributed by atoms with Crippen molar-refractivity contribution in [1.82, 2.24) is 5.32 Å². The molecule has 1 amide bonds. The van der Waals surface area contributed by atoms with Crippen LogP contribution in [0.5, 0.6) is 0 Å². The van der Waals surface area contributed by atoms with E-state index in [1.165, 1.54) is 12.1 Å². The predicted molar refractivity (Wildman–Crippen MR) is 96.5 cm³/mol. The summed E-state index contributed by atoms with van der Waals surface area (Å²) in [6.45, 7) is 0.554. The van der Waals surface area contributed by atoms with E-state index in [9.17, 15) is 9.18 Å². The molecule has 0 saturated heterocycles. The van der Waals surface area contributed by atoms with Crippen LogP contribution in [0, 0.1) is 5.82 Å². The van der Waals surface area contributed by atoms with Gasteiger partial charge in [-0.05, 0) is 41.0 Å². The van der Waals surface area contributed by atoms with Gasteiger partial charge in [-0.1, -0.05) is 54.6 Å². The smallest absolute Gasteiger partial charge is 0.248 e. The minimum absolute atomic E-state index is 0.0842. The lowest BCUT2D eigenvalue weighted by atomic mass is 9.98. The van der Waals surface area contributed by atoms with Gasteiger partial charge in [-0.2, -0.15) is 0 Å². The summed E-state index contributed by atoms with van der Waals surface area (Å²) in [5.41, 5.74) is 8.84. The number of primary amides is 1. The molecule has 0 aromatic heterocycles. The Labute approximate surface area is 146 Å². The van der Waals surface area contributed by atoms with Gasteiger partial charge in [0.15, 0.2) is 0 Å². The highest BCUT2D eigenvalue weighted by Gasteiger charge is 2.14. The first-order valence-electron chi connectivity index (χ1n) is 8.06. The first-order valence-corrected chi connectivity index (χ1v) is 8.06. The van der Waals surface area contributed by atoms with E-state index in [2.05, 4.69) is 5.32 Å². The van der Waals surface area contributed by atoms with Crippen LogP contribution in [0.25, 0.3) is 0 Å². The minimum atomic E-state index is -0.444. The van der Waals surface area contributed by atoms with Crippen molar-refractivity contribution in [3.63, 3.8) is 0 Å². The molecule has 0 aliphatic heterocycles. The molecule has 3 aromatic carbocycles. The lowest BCUT2D eigenvalue weighted by Crippen LogP contribution is -2.22. The average Bonchev–Trinajstić information content (AvgIpc) is 2.64. The highest BCUT2D eigenvalue weighted by Crippen LogP contribution is 2.23. The Morgan fingerprint density at radius 3 is 2.28 bits per heavy atom. The van der Waals surface area contributed by atoms with Crippen molar-refractivity contribution in [2.75, 3.05) is 0 Å². The van der Waals surface area contributed by atoms with E-state index in [-0.39, 0.29) is 11.9 Å². The number of amides is 1. The SMILES string of the molecule is NC(=O)c1cccc(CN[C@H](c2ccccc2)c2ccc(F)cc2)c1. The largest absolute Gasteiger partial charge is 0.366 e. The Balaban J connectivity index is 1.84. The molecule has 3 rings (SSSR count). The van der Waals surface area contributed by atoms with Crippen LogP contribution in [0.1, 0.15) is 33.1 Å². The number of halogens is 1. The second kappa shape index (κ2) is 7.73. The molecular formula is C21H19FN2O. The van der Waals surface area contributed by atoms with E-state index in [0.29, 0.717) is 12.1 Å². The van der Waals surface area contributed by atoms with E-state index in [0.717, 1.165) is 16.7 Å². The molecule has 126 valence electrons. The normalized spacial score (nSPS) is 11.9. The summed E-state index contributed by atoms with van der Waals surface area (Å²) < 4.78 is 13.3. The molecule has 0 spiro atoms. The van der Waals surface area contributed by atoms with Gasteiger partial charge in [0, 0.05) is 12.1 Å². The second-order valence-electron chi connectivity index (χ2n) is 5.84. The monoisotopic (exact) mass is 334 g/mol. The second-order valence-corrected chi connectivity index (χ2v) is 5.84. The van der Waals surface area contributed by atoms with Crippen LogP contribution in [0.15, 0.2) is 78.9 Å². The van der Waals surface area contributed by atoms with E-state index in [4.69, 9.17) is 5.73 Å². The Bertz CT molecular complexity index is 847. The Hall–Kier alpha value is -2.98. The number of hydrogen-bond donors (Lipinski definition) is 2. The summed E-state index contributed by atoms with van der Waals surface area (Å²) in [5.74, 6) is -0.704. The Morgan fingerprint density at radius 1 is 0.920 bits per heavy atom. The fourth-order valence-electron chi connectivity index (χ4n) is 2.78. The molecule has 4 heteroatoms. The third-order valence-electron chi connectivity index (χ3n) is 4.06. The summed E-state index contributed by atoms with van der Waals surface area (Å²) in [6, 6.07) is 23.6. The summed E-state index contributed by atoms with van der Waals surface area (Å²) in [7, 11) is 0. The van der Waals surface area contributed by atoms with Crippen molar-refractivity contribution < 1.29 is 9.18 Å². The van der Waals surface area contributed by atoms with Gasteiger partial charge in [0.1, 0.15) is 5.82 Å². The lowest BCUT2D eigenvalue weighted by molar-refractivity contribution is 0.1000. The predicted octanol–water partition coefficient (Wildman–Crippen LogP) is 3.80. The quantitative estimate of drug-likeness (QED) is 0.720. The van der Waals surface area contributed by atoms with E-state index < -0.39 is 5.91 Å². The average molecular weight is 334 g/mol. The molecule has 3 N–H and O–H groups in total. The maximum atomic E-state index is 13.3. The molecule has 25 heavy (non-hydrogen) atoms. The lowest BCUT2D eigenvalue weighted by Gasteiger charge is -2.20. The van der Waals surface area contributed by atoms with Gasteiger partial charge in [-0.15, -0.1) is 0 Å². The van der Waals surface area contributed by atoms with Gasteiger partial charge in [0.2, 0.25) is 5.91 Å². The molecule has 0 bridgehead atoms. The van der Waals surface area contributed by atoms with E-state index in [1.807, 2.05) is 42.5 Å². The number of carbonyl (C=O) groups excluding carboxylic acids is 1. The maximum Gasteiger partial charge on any atom is 0.248 e. The van der Waals surface area contributed by atoms with Crippen LogP contribution in [0.2, 0.25) is 0 Å². The summed E-state index contributed by atoms with van der Waals surface area (Å²) in [6.07, 6.45) is 0. The molecular weight excluding hydrogens is 315 g/mol. The number of carbonyl (C=O) groups is 1. The maximum absolute atomic E-state index is 13.3. The van der Waals surface area contributed by atoms with Gasteiger partial charge in [-0.25, -0.2) is 4.39 Å². The standard InChI is InChI=1S/C21H19FN2O/c22-19-11-9-17(10-12-19)20(16-6-2-1-3-7-16)24-14-15-5-4-8-18(13-15)21(23)25/h1-13,20,24H,14H2,(H2,23,25)/t20-/m1/s1. The van der Waals surface area contributed by atoms with Crippen LogP contribution < -0.4 is 11.1 Å². The first kappa shape index (κ1) is 16.9. The number of nitrogens with one attached hydrogen (secondary N) is 1. The van der Waals surface area contributed by atoms with Crippen LogP contribution in [0.3, 0.4) is 0 Å². The zero-order chi connectivity index (χ0) is 17.6. The van der Waals surface area contributed by atoms with E-state index in [1.54, 1.807) is 24.3 Å². The van der Waals surface area contributed by atoms with Crippen LogP contribution in [-0.4, -0.2) is 5.91 Å². The molecule has 0 aliphatic rings. The van der Waals surface area contributed by atoms with Crippen molar-refractivity contribution in [1.29, 1.82) is 0 Å². The van der Waals surface area contributed by atoms with Crippen LogP contribution >= 0.6 is 0 Å². The van der Waals surface area contributed by atoms with Gasteiger partial charge < -0.3 is 11.1 Å². The van der Waals surface area contributed by atoms with Gasteiger partial charge in [-0.3, -0.25) is 4.79 Å². The summed E-state index contributed by atoms with van der Waals surface area (Å²) in [4.78, 5) is 11.3. The number of rotatable bonds is 6. The first-order chi connectivity index (χ1) is 12.1. The number of nitrogens with two attached hydrogens (primary N) is 1. The molecule has 0 aliphatic carbocycles. The molecule has 0 heterocycles. The van der Waals surface area contributed by atoms with Crippen molar-refractivity contribution in [2.24, 2.45) is 5.73 Å². The van der Waals surface area contributed by atoms with Gasteiger partial charge >= 0.3 is 0 Å². The molecule has 0 unspecified atom stereocenters. The van der Waals surface area contributed by atoms with Crippen molar-refractivity contribution in [3.8, 4) is 0 Å².